The molecule has 2 atom stereocenters. The highest BCUT2D eigenvalue weighted by atomic mass is 35.5. The number of nitrogens with one attached hydrogen (secondary N) is 1. The molecule has 218 valence electrons. The molecule has 3 aromatic rings. The lowest BCUT2D eigenvalue weighted by Gasteiger charge is -2.34. The standard InChI is InChI=1S/C31H31ClF4N2O3/c32-25-9-4-21(5-10-25)18-37-30(41)28(23-2-1-3-24(16-23)29(33)34)38(19-22-14-15-31(35,36)17-22)27(40)13-8-20-6-11-26(39)12-7-20/h1-7,9-12,16,22,28-29,39H,8,13-15,17-19H2,(H,37,41). The lowest BCUT2D eigenvalue weighted by Crippen LogP contribution is -2.45. The van der Waals surface area contributed by atoms with Crippen LogP contribution >= 0.6 is 11.6 Å². The van der Waals surface area contributed by atoms with Crippen LogP contribution in [0.3, 0.4) is 0 Å². The van der Waals surface area contributed by atoms with Crippen LogP contribution in [0, 0.1) is 5.92 Å². The summed E-state index contributed by atoms with van der Waals surface area (Å²) in [7, 11) is 0. The van der Waals surface area contributed by atoms with Gasteiger partial charge in [-0.25, -0.2) is 17.6 Å². The van der Waals surface area contributed by atoms with Crippen LogP contribution < -0.4 is 5.32 Å². The van der Waals surface area contributed by atoms with Gasteiger partial charge in [0.2, 0.25) is 17.7 Å². The van der Waals surface area contributed by atoms with E-state index in [1.165, 1.54) is 41.3 Å². The normalized spacial score (nSPS) is 16.9. The van der Waals surface area contributed by atoms with E-state index >= 15 is 0 Å². The van der Waals surface area contributed by atoms with Gasteiger partial charge in [-0.3, -0.25) is 9.59 Å². The number of carbonyl (C=O) groups is 2. The third kappa shape index (κ3) is 8.45. The third-order valence-electron chi connectivity index (χ3n) is 7.26. The topological polar surface area (TPSA) is 69.6 Å². The highest BCUT2D eigenvalue weighted by Crippen LogP contribution is 2.40. The molecule has 2 amide bonds. The van der Waals surface area contributed by atoms with E-state index in [0.717, 1.165) is 11.1 Å². The van der Waals surface area contributed by atoms with Crippen molar-refractivity contribution in [3.05, 3.63) is 100 Å². The molecular weight excluding hydrogens is 560 g/mol. The van der Waals surface area contributed by atoms with Gasteiger partial charge in [-0.05, 0) is 65.8 Å². The van der Waals surface area contributed by atoms with Gasteiger partial charge in [0.15, 0.2) is 0 Å². The summed E-state index contributed by atoms with van der Waals surface area (Å²) in [6.45, 7) is -0.0416. The van der Waals surface area contributed by atoms with Gasteiger partial charge < -0.3 is 15.3 Å². The second kappa shape index (κ2) is 13.4. The second-order valence-corrected chi connectivity index (χ2v) is 10.8. The first kappa shape index (κ1) is 30.4. The first-order chi connectivity index (χ1) is 19.5. The van der Waals surface area contributed by atoms with Crippen molar-refractivity contribution in [1.29, 1.82) is 0 Å². The number of halogens is 5. The molecular formula is C31H31ClF4N2O3. The van der Waals surface area contributed by atoms with Crippen LogP contribution in [0.15, 0.2) is 72.8 Å². The molecule has 1 aliphatic carbocycles. The number of phenols is 1. The second-order valence-electron chi connectivity index (χ2n) is 10.4. The number of aryl methyl sites for hydroxylation is 1. The summed E-state index contributed by atoms with van der Waals surface area (Å²) in [6.07, 6.45) is -3.16. The highest BCUT2D eigenvalue weighted by molar-refractivity contribution is 6.30. The van der Waals surface area contributed by atoms with Crippen LogP contribution in [0.5, 0.6) is 5.75 Å². The van der Waals surface area contributed by atoms with Crippen LogP contribution in [0.2, 0.25) is 5.02 Å². The van der Waals surface area contributed by atoms with Crippen LogP contribution in [0.4, 0.5) is 17.6 Å². The Morgan fingerprint density at radius 3 is 2.29 bits per heavy atom. The number of rotatable bonds is 11. The summed E-state index contributed by atoms with van der Waals surface area (Å²) in [4.78, 5) is 28.7. The number of nitrogens with zero attached hydrogens (tertiary/aromatic N) is 1. The molecule has 2 unspecified atom stereocenters. The highest BCUT2D eigenvalue weighted by Gasteiger charge is 2.42. The summed E-state index contributed by atoms with van der Waals surface area (Å²) in [5, 5.41) is 12.8. The smallest absolute Gasteiger partial charge is 0.263 e. The van der Waals surface area contributed by atoms with Gasteiger partial charge >= 0.3 is 0 Å². The zero-order valence-electron chi connectivity index (χ0n) is 22.2. The van der Waals surface area contributed by atoms with Crippen LogP contribution in [-0.4, -0.2) is 34.3 Å². The molecule has 0 heterocycles. The first-order valence-electron chi connectivity index (χ1n) is 13.4. The Morgan fingerprint density at radius 1 is 1.00 bits per heavy atom. The molecule has 3 aromatic carbocycles. The summed E-state index contributed by atoms with van der Waals surface area (Å²) >= 11 is 5.95. The van der Waals surface area contributed by atoms with Gasteiger partial charge in [0, 0.05) is 42.9 Å². The Hall–Kier alpha value is -3.59. The van der Waals surface area contributed by atoms with Crippen molar-refractivity contribution in [2.45, 2.75) is 57.0 Å². The SMILES string of the molecule is O=C(NCc1ccc(Cl)cc1)C(c1cccc(C(F)F)c1)N(CC1CCC(F)(F)C1)C(=O)CCc1ccc(O)cc1. The number of amides is 2. The number of benzene rings is 3. The Labute approximate surface area is 241 Å². The van der Waals surface area contributed by atoms with Crippen LogP contribution in [0.1, 0.15) is 60.4 Å². The molecule has 41 heavy (non-hydrogen) atoms. The Morgan fingerprint density at radius 2 is 1.66 bits per heavy atom. The van der Waals surface area contributed by atoms with Crippen LogP contribution in [0.25, 0.3) is 0 Å². The average molecular weight is 591 g/mol. The summed E-state index contributed by atoms with van der Waals surface area (Å²) in [5.74, 6) is -4.45. The molecule has 0 aliphatic heterocycles. The van der Waals surface area contributed by atoms with E-state index in [-0.39, 0.29) is 55.6 Å². The molecule has 0 aromatic heterocycles. The van der Waals surface area contributed by atoms with Gasteiger partial charge in [-0.1, -0.05) is 54.1 Å². The predicted molar refractivity (Wildman–Crippen MR) is 148 cm³/mol. The Bertz CT molecular complexity index is 1340. The van der Waals surface area contributed by atoms with Crippen LogP contribution in [-0.2, 0) is 22.6 Å². The van der Waals surface area contributed by atoms with Crippen molar-refractivity contribution in [3.63, 3.8) is 0 Å². The number of alkyl halides is 4. The van der Waals surface area contributed by atoms with Crippen molar-refractivity contribution < 1.29 is 32.3 Å². The maximum absolute atomic E-state index is 14.1. The molecule has 1 aliphatic rings. The fourth-order valence-electron chi connectivity index (χ4n) is 5.11. The summed E-state index contributed by atoms with van der Waals surface area (Å²) in [5.41, 5.74) is 1.33. The zero-order chi connectivity index (χ0) is 29.6. The largest absolute Gasteiger partial charge is 0.508 e. The van der Waals surface area contributed by atoms with E-state index in [4.69, 9.17) is 11.6 Å². The minimum Gasteiger partial charge on any atom is -0.508 e. The molecule has 5 nitrogen and oxygen atoms in total. The van der Waals surface area contributed by atoms with Crippen molar-refractivity contribution in [1.82, 2.24) is 10.2 Å². The van der Waals surface area contributed by atoms with E-state index < -0.39 is 42.5 Å². The number of hydrogen-bond acceptors (Lipinski definition) is 3. The maximum Gasteiger partial charge on any atom is 0.263 e. The number of phenolic OH excluding ortho intramolecular Hbond substituents is 1. The molecule has 4 rings (SSSR count). The predicted octanol–water partition coefficient (Wildman–Crippen LogP) is 7.24. The monoisotopic (exact) mass is 590 g/mol. The molecule has 1 saturated carbocycles. The van der Waals surface area contributed by atoms with E-state index in [2.05, 4.69) is 5.32 Å². The number of carbonyl (C=O) groups excluding carboxylic acids is 2. The lowest BCUT2D eigenvalue weighted by atomic mass is 9.98. The molecule has 2 N–H and O–H groups in total. The quantitative estimate of drug-likeness (QED) is 0.231. The molecule has 10 heteroatoms. The van der Waals surface area contributed by atoms with Gasteiger partial charge in [0.1, 0.15) is 11.8 Å². The molecule has 0 saturated heterocycles. The van der Waals surface area contributed by atoms with Crippen molar-refractivity contribution in [3.8, 4) is 5.75 Å². The van der Waals surface area contributed by atoms with Gasteiger partial charge in [-0.2, -0.15) is 0 Å². The van der Waals surface area contributed by atoms with Crippen molar-refractivity contribution in [2.75, 3.05) is 6.54 Å². The Balaban J connectivity index is 1.65. The average Bonchev–Trinajstić information content (AvgIpc) is 3.30. The minimum atomic E-state index is -2.87. The molecule has 0 bridgehead atoms. The number of hydrogen-bond donors (Lipinski definition) is 2. The molecule has 1 fully saturated rings. The lowest BCUT2D eigenvalue weighted by molar-refractivity contribution is -0.141. The van der Waals surface area contributed by atoms with E-state index in [1.54, 1.807) is 36.4 Å². The van der Waals surface area contributed by atoms with E-state index in [1.807, 2.05) is 0 Å². The zero-order valence-corrected chi connectivity index (χ0v) is 23.0. The summed E-state index contributed by atoms with van der Waals surface area (Å²) in [6, 6.07) is 17.0. The first-order valence-corrected chi connectivity index (χ1v) is 13.7. The number of aromatic hydroxyl groups is 1. The van der Waals surface area contributed by atoms with Gasteiger partial charge in [-0.15, -0.1) is 0 Å². The van der Waals surface area contributed by atoms with Gasteiger partial charge in [0.05, 0.1) is 0 Å². The fraction of sp³-hybridized carbons (Fsp3) is 0.355. The maximum atomic E-state index is 14.1. The van der Waals surface area contributed by atoms with E-state index in [9.17, 15) is 32.3 Å². The van der Waals surface area contributed by atoms with Gasteiger partial charge in [0.25, 0.3) is 6.43 Å². The Kier molecular flexibility index (Phi) is 9.91. The minimum absolute atomic E-state index is 0.0522. The fourth-order valence-corrected chi connectivity index (χ4v) is 5.24. The van der Waals surface area contributed by atoms with Crippen molar-refractivity contribution >= 4 is 23.4 Å². The van der Waals surface area contributed by atoms with E-state index in [0.29, 0.717) is 5.02 Å². The molecule has 0 spiro atoms. The summed E-state index contributed by atoms with van der Waals surface area (Å²) < 4.78 is 55.5. The molecule has 0 radical (unpaired) electrons. The third-order valence-corrected chi connectivity index (χ3v) is 7.52. The van der Waals surface area contributed by atoms with Crippen molar-refractivity contribution in [2.24, 2.45) is 5.92 Å².